The van der Waals surface area contributed by atoms with Crippen molar-refractivity contribution in [2.45, 2.75) is 19.9 Å². The van der Waals surface area contributed by atoms with Crippen LogP contribution >= 0.6 is 15.9 Å². The second kappa shape index (κ2) is 6.13. The first kappa shape index (κ1) is 14.6. The Balaban J connectivity index is 2.15. The molecule has 4 nitrogen and oxygen atoms in total. The fourth-order valence-electron chi connectivity index (χ4n) is 1.72. The summed E-state index contributed by atoms with van der Waals surface area (Å²) in [5, 5.41) is 2.59. The highest BCUT2D eigenvalue weighted by Crippen LogP contribution is 2.17. The Kier molecular flexibility index (Phi) is 4.49. The SMILES string of the molecule is Cc1nc(NC(=O)c2cccn2CC(F)F)ccc1Br. The lowest BCUT2D eigenvalue weighted by atomic mass is 10.3. The van der Waals surface area contributed by atoms with Crippen molar-refractivity contribution in [2.75, 3.05) is 5.32 Å². The zero-order valence-electron chi connectivity index (χ0n) is 10.6. The quantitative estimate of drug-likeness (QED) is 0.923. The summed E-state index contributed by atoms with van der Waals surface area (Å²) < 4.78 is 26.8. The Morgan fingerprint density at radius 1 is 1.45 bits per heavy atom. The van der Waals surface area contributed by atoms with E-state index < -0.39 is 18.9 Å². The summed E-state index contributed by atoms with van der Waals surface area (Å²) >= 11 is 3.31. The van der Waals surface area contributed by atoms with Crippen LogP contribution in [0.3, 0.4) is 0 Å². The predicted octanol–water partition coefficient (Wildman–Crippen LogP) is 3.47. The van der Waals surface area contributed by atoms with Crippen molar-refractivity contribution in [1.82, 2.24) is 9.55 Å². The Morgan fingerprint density at radius 3 is 2.85 bits per heavy atom. The molecule has 0 saturated heterocycles. The lowest BCUT2D eigenvalue weighted by Crippen LogP contribution is -2.19. The van der Waals surface area contributed by atoms with Gasteiger partial charge in [-0.3, -0.25) is 4.79 Å². The third-order valence-corrected chi connectivity index (χ3v) is 3.50. The molecule has 1 N–H and O–H groups in total. The monoisotopic (exact) mass is 343 g/mol. The Bertz CT molecular complexity index is 628. The molecular weight excluding hydrogens is 332 g/mol. The Hall–Kier alpha value is -1.76. The summed E-state index contributed by atoms with van der Waals surface area (Å²) in [6, 6.07) is 6.44. The molecule has 0 atom stereocenters. The van der Waals surface area contributed by atoms with Crippen LogP contribution in [-0.4, -0.2) is 21.9 Å². The number of halogens is 3. The van der Waals surface area contributed by atoms with Crippen molar-refractivity contribution >= 4 is 27.7 Å². The van der Waals surface area contributed by atoms with Crippen LogP contribution in [0.15, 0.2) is 34.9 Å². The zero-order valence-corrected chi connectivity index (χ0v) is 12.2. The fourth-order valence-corrected chi connectivity index (χ4v) is 1.94. The lowest BCUT2D eigenvalue weighted by Gasteiger charge is -2.09. The van der Waals surface area contributed by atoms with Crippen LogP contribution in [0.1, 0.15) is 16.2 Å². The number of aromatic nitrogens is 2. The van der Waals surface area contributed by atoms with E-state index in [4.69, 9.17) is 0 Å². The second-order valence-electron chi connectivity index (χ2n) is 4.15. The van der Waals surface area contributed by atoms with Crippen molar-refractivity contribution in [2.24, 2.45) is 0 Å². The van der Waals surface area contributed by atoms with E-state index in [1.54, 1.807) is 25.1 Å². The normalized spacial score (nSPS) is 10.8. The molecule has 0 aliphatic carbocycles. The van der Waals surface area contributed by atoms with Crippen LogP contribution in [0.4, 0.5) is 14.6 Å². The summed E-state index contributed by atoms with van der Waals surface area (Å²) in [5.41, 5.74) is 0.901. The van der Waals surface area contributed by atoms with E-state index in [-0.39, 0.29) is 5.69 Å². The van der Waals surface area contributed by atoms with Gasteiger partial charge in [-0.15, -0.1) is 0 Å². The molecule has 1 amide bonds. The van der Waals surface area contributed by atoms with Crippen LogP contribution in [0.2, 0.25) is 0 Å². The first-order valence-corrected chi connectivity index (χ1v) is 6.64. The minimum absolute atomic E-state index is 0.174. The number of rotatable bonds is 4. The summed E-state index contributed by atoms with van der Waals surface area (Å²) in [6.07, 6.45) is -1.07. The summed E-state index contributed by atoms with van der Waals surface area (Å²) in [5.74, 6) is -0.0923. The van der Waals surface area contributed by atoms with Gasteiger partial charge in [0.05, 0.1) is 12.2 Å². The number of carbonyl (C=O) groups excluding carboxylic acids is 1. The van der Waals surface area contributed by atoms with Crippen molar-refractivity contribution in [1.29, 1.82) is 0 Å². The number of hydrogen-bond acceptors (Lipinski definition) is 2. The average molecular weight is 344 g/mol. The maximum absolute atomic E-state index is 12.4. The number of anilines is 1. The van der Waals surface area contributed by atoms with Gasteiger partial charge in [0.2, 0.25) is 0 Å². The Labute approximate surface area is 122 Å². The molecule has 0 aliphatic heterocycles. The van der Waals surface area contributed by atoms with Gasteiger partial charge >= 0.3 is 0 Å². The lowest BCUT2D eigenvalue weighted by molar-refractivity contribution is 0.0997. The molecule has 0 aliphatic rings. The molecule has 7 heteroatoms. The standard InChI is InChI=1S/C13H12BrF2N3O/c1-8-9(14)4-5-12(17-8)18-13(20)10-3-2-6-19(10)7-11(15)16/h2-6,11H,7H2,1H3,(H,17,18,20). The Morgan fingerprint density at radius 2 is 2.20 bits per heavy atom. The van der Waals surface area contributed by atoms with Gasteiger partial charge in [0.1, 0.15) is 11.5 Å². The smallest absolute Gasteiger partial charge is 0.273 e. The van der Waals surface area contributed by atoms with E-state index in [1.165, 1.54) is 16.8 Å². The first-order valence-electron chi connectivity index (χ1n) is 5.85. The molecule has 0 bridgehead atoms. The largest absolute Gasteiger partial charge is 0.338 e. The molecule has 0 radical (unpaired) electrons. The number of nitrogens with zero attached hydrogens (tertiary/aromatic N) is 2. The maximum atomic E-state index is 12.4. The molecule has 2 aromatic heterocycles. The molecule has 2 heterocycles. The molecule has 0 fully saturated rings. The number of nitrogens with one attached hydrogen (secondary N) is 1. The molecule has 0 saturated carbocycles. The van der Waals surface area contributed by atoms with Crippen LogP contribution in [-0.2, 0) is 6.54 Å². The summed E-state index contributed by atoms with van der Waals surface area (Å²) in [7, 11) is 0. The number of pyridine rings is 1. The first-order chi connectivity index (χ1) is 9.47. The van der Waals surface area contributed by atoms with E-state index in [0.29, 0.717) is 5.82 Å². The van der Waals surface area contributed by atoms with E-state index >= 15 is 0 Å². The van der Waals surface area contributed by atoms with Crippen LogP contribution < -0.4 is 5.32 Å². The van der Waals surface area contributed by atoms with E-state index in [1.807, 2.05) is 0 Å². The van der Waals surface area contributed by atoms with Crippen LogP contribution in [0.25, 0.3) is 0 Å². The molecule has 2 aromatic rings. The van der Waals surface area contributed by atoms with Gasteiger partial charge in [0, 0.05) is 10.7 Å². The van der Waals surface area contributed by atoms with Gasteiger partial charge in [-0.05, 0) is 47.1 Å². The van der Waals surface area contributed by atoms with Crippen LogP contribution in [0, 0.1) is 6.92 Å². The molecule has 2 rings (SSSR count). The fraction of sp³-hybridized carbons (Fsp3) is 0.231. The minimum Gasteiger partial charge on any atom is -0.338 e. The van der Waals surface area contributed by atoms with Crippen molar-refractivity contribution in [3.05, 3.63) is 46.3 Å². The van der Waals surface area contributed by atoms with Crippen LogP contribution in [0.5, 0.6) is 0 Å². The maximum Gasteiger partial charge on any atom is 0.273 e. The third-order valence-electron chi connectivity index (χ3n) is 2.66. The third kappa shape index (κ3) is 3.41. The highest BCUT2D eigenvalue weighted by atomic mass is 79.9. The summed E-state index contributed by atoms with van der Waals surface area (Å²) in [6.45, 7) is 1.28. The molecule has 106 valence electrons. The average Bonchev–Trinajstić information content (AvgIpc) is 2.81. The number of alkyl halides is 2. The van der Waals surface area contributed by atoms with Gasteiger partial charge in [-0.1, -0.05) is 0 Å². The highest BCUT2D eigenvalue weighted by Gasteiger charge is 2.14. The molecule has 20 heavy (non-hydrogen) atoms. The topological polar surface area (TPSA) is 46.9 Å². The number of amides is 1. The van der Waals surface area contributed by atoms with Gasteiger partial charge in [-0.2, -0.15) is 0 Å². The van der Waals surface area contributed by atoms with Gasteiger partial charge in [-0.25, -0.2) is 13.8 Å². The van der Waals surface area contributed by atoms with E-state index in [2.05, 4.69) is 26.2 Å². The number of hydrogen-bond donors (Lipinski definition) is 1. The molecular formula is C13H12BrF2N3O. The highest BCUT2D eigenvalue weighted by molar-refractivity contribution is 9.10. The summed E-state index contributed by atoms with van der Waals surface area (Å²) in [4.78, 5) is 16.2. The van der Waals surface area contributed by atoms with E-state index in [0.717, 1.165) is 10.2 Å². The zero-order chi connectivity index (χ0) is 14.7. The van der Waals surface area contributed by atoms with Gasteiger partial charge in [0.25, 0.3) is 12.3 Å². The predicted molar refractivity (Wildman–Crippen MR) is 75.1 cm³/mol. The van der Waals surface area contributed by atoms with Crippen molar-refractivity contribution in [3.8, 4) is 0 Å². The molecule has 0 unspecified atom stereocenters. The van der Waals surface area contributed by atoms with Crippen molar-refractivity contribution in [3.63, 3.8) is 0 Å². The molecule has 0 spiro atoms. The number of aryl methyl sites for hydroxylation is 1. The van der Waals surface area contributed by atoms with Gasteiger partial charge in [0.15, 0.2) is 0 Å². The van der Waals surface area contributed by atoms with Gasteiger partial charge < -0.3 is 9.88 Å². The minimum atomic E-state index is -2.51. The van der Waals surface area contributed by atoms with E-state index in [9.17, 15) is 13.6 Å². The molecule has 0 aromatic carbocycles. The second-order valence-corrected chi connectivity index (χ2v) is 5.01. The number of carbonyl (C=O) groups is 1. The van der Waals surface area contributed by atoms with Crippen molar-refractivity contribution < 1.29 is 13.6 Å².